The molecule has 232 valence electrons. The van der Waals surface area contributed by atoms with Crippen LogP contribution >= 0.6 is 0 Å². The van der Waals surface area contributed by atoms with Crippen molar-refractivity contribution in [2.24, 2.45) is 17.8 Å². The average molecular weight is 602 g/mol. The van der Waals surface area contributed by atoms with Crippen LogP contribution in [0.2, 0.25) is 0 Å². The first-order valence-electron chi connectivity index (χ1n) is 14.0. The molecule has 2 aromatic heterocycles. The van der Waals surface area contributed by atoms with Gasteiger partial charge in [-0.15, -0.1) is 26.3 Å². The third-order valence-corrected chi connectivity index (χ3v) is 7.72. The molecule has 2 atom stereocenters. The summed E-state index contributed by atoms with van der Waals surface area (Å²) >= 11 is 0. The highest BCUT2D eigenvalue weighted by atomic mass is 19.4. The van der Waals surface area contributed by atoms with Gasteiger partial charge in [-0.2, -0.15) is 0 Å². The SMILES string of the molecule is CCn1cnc(C(=O)O)c1.Cc1cccnc1CN(C)C(=O)CN1CC2C(C[N-]Cc3cccc(OC(F)(F)F)c3)C2C1. The van der Waals surface area contributed by atoms with E-state index in [0.717, 1.165) is 30.9 Å². The van der Waals surface area contributed by atoms with Crippen molar-refractivity contribution < 1.29 is 32.6 Å². The van der Waals surface area contributed by atoms with E-state index in [2.05, 4.69) is 24.9 Å². The number of carbonyl (C=O) groups excluding carboxylic acids is 1. The molecule has 0 spiro atoms. The number of alkyl halides is 3. The van der Waals surface area contributed by atoms with Crippen LogP contribution in [0, 0.1) is 24.7 Å². The van der Waals surface area contributed by atoms with E-state index in [0.29, 0.717) is 49.5 Å². The molecule has 1 aromatic carbocycles. The first kappa shape index (κ1) is 32.0. The number of halogens is 3. The number of nitrogens with zero attached hydrogens (tertiary/aromatic N) is 6. The molecule has 3 aromatic rings. The number of aryl methyl sites for hydroxylation is 2. The van der Waals surface area contributed by atoms with Crippen LogP contribution in [0.1, 0.15) is 34.2 Å². The van der Waals surface area contributed by atoms with Crippen molar-refractivity contribution in [1.29, 1.82) is 0 Å². The number of likely N-dealkylation sites (tertiary alicyclic amines) is 1. The van der Waals surface area contributed by atoms with Gasteiger partial charge in [-0.25, -0.2) is 9.78 Å². The van der Waals surface area contributed by atoms with E-state index in [1.165, 1.54) is 24.7 Å². The summed E-state index contributed by atoms with van der Waals surface area (Å²) in [7, 11) is 1.81. The van der Waals surface area contributed by atoms with Crippen molar-refractivity contribution in [3.8, 4) is 5.75 Å². The van der Waals surface area contributed by atoms with Gasteiger partial charge in [0.05, 0.1) is 25.1 Å². The van der Waals surface area contributed by atoms with Gasteiger partial charge in [0.2, 0.25) is 5.91 Å². The van der Waals surface area contributed by atoms with E-state index in [1.54, 1.807) is 27.8 Å². The molecule has 2 unspecified atom stereocenters. The van der Waals surface area contributed by atoms with Crippen molar-refractivity contribution in [2.45, 2.75) is 39.8 Å². The number of carboxylic acid groups (broad SMARTS) is 1. The number of benzene rings is 1. The third-order valence-electron chi connectivity index (χ3n) is 7.72. The molecule has 1 saturated heterocycles. The van der Waals surface area contributed by atoms with Gasteiger partial charge in [-0.05, 0) is 49.4 Å². The molecule has 1 amide bonds. The van der Waals surface area contributed by atoms with Crippen molar-refractivity contribution in [3.05, 3.63) is 83.0 Å². The van der Waals surface area contributed by atoms with E-state index in [4.69, 9.17) is 5.11 Å². The summed E-state index contributed by atoms with van der Waals surface area (Å²) in [6.07, 6.45) is 0.0549. The number of amides is 1. The van der Waals surface area contributed by atoms with Crippen LogP contribution in [0.4, 0.5) is 13.2 Å². The van der Waals surface area contributed by atoms with Crippen molar-refractivity contribution in [3.63, 3.8) is 0 Å². The van der Waals surface area contributed by atoms with Crippen molar-refractivity contribution in [1.82, 2.24) is 24.3 Å². The van der Waals surface area contributed by atoms with Gasteiger partial charge in [0, 0.05) is 39.1 Å². The van der Waals surface area contributed by atoms with E-state index >= 15 is 0 Å². The van der Waals surface area contributed by atoms with Gasteiger partial charge in [-0.1, -0.05) is 29.7 Å². The Labute approximate surface area is 248 Å². The zero-order chi connectivity index (χ0) is 31.1. The van der Waals surface area contributed by atoms with Gasteiger partial charge in [0.1, 0.15) is 5.75 Å². The molecule has 1 saturated carbocycles. The first-order chi connectivity index (χ1) is 20.4. The third kappa shape index (κ3) is 9.26. The maximum Gasteiger partial charge on any atom is 0.573 e. The lowest BCUT2D eigenvalue weighted by Crippen LogP contribution is -2.38. The van der Waals surface area contributed by atoms with E-state index in [-0.39, 0.29) is 17.4 Å². The number of imidazole rings is 1. The molecule has 3 heterocycles. The first-order valence-corrected chi connectivity index (χ1v) is 14.0. The fourth-order valence-corrected chi connectivity index (χ4v) is 5.27. The van der Waals surface area contributed by atoms with Crippen molar-refractivity contribution >= 4 is 11.9 Å². The number of hydrogen-bond acceptors (Lipinski definition) is 6. The summed E-state index contributed by atoms with van der Waals surface area (Å²) < 4.78 is 42.8. The molecule has 43 heavy (non-hydrogen) atoms. The molecule has 1 N–H and O–H groups in total. The summed E-state index contributed by atoms with van der Waals surface area (Å²) in [4.78, 5) is 34.8. The second-order valence-electron chi connectivity index (χ2n) is 10.9. The number of fused-ring (bicyclic) bond motifs is 1. The number of carboxylic acids is 1. The lowest BCUT2D eigenvalue weighted by atomic mass is 10.2. The number of aromatic nitrogens is 3. The molecule has 1 aliphatic heterocycles. The Morgan fingerprint density at radius 3 is 2.51 bits per heavy atom. The highest BCUT2D eigenvalue weighted by Gasteiger charge is 2.53. The predicted molar refractivity (Wildman–Crippen MR) is 152 cm³/mol. The van der Waals surface area contributed by atoms with Gasteiger partial charge >= 0.3 is 12.3 Å². The maximum absolute atomic E-state index is 12.6. The van der Waals surface area contributed by atoms with Crippen LogP contribution in [0.25, 0.3) is 5.32 Å². The van der Waals surface area contributed by atoms with Crippen LogP contribution in [0.15, 0.2) is 55.1 Å². The minimum absolute atomic E-state index is 0.0866. The number of ether oxygens (including phenoxy) is 1. The minimum atomic E-state index is -4.69. The fraction of sp³-hybridized carbons (Fsp3) is 0.467. The predicted octanol–water partition coefficient (Wildman–Crippen LogP) is 4.60. The zero-order valence-electron chi connectivity index (χ0n) is 24.4. The number of hydrogen-bond donors (Lipinski definition) is 1. The van der Waals surface area contributed by atoms with Crippen LogP contribution < -0.4 is 4.74 Å². The second-order valence-corrected chi connectivity index (χ2v) is 10.9. The van der Waals surface area contributed by atoms with E-state index in [9.17, 15) is 22.8 Å². The molecule has 5 rings (SSSR count). The Morgan fingerprint density at radius 1 is 1.16 bits per heavy atom. The number of aromatic carboxylic acids is 1. The molecular weight excluding hydrogens is 565 g/mol. The monoisotopic (exact) mass is 601 g/mol. The summed E-state index contributed by atoms with van der Waals surface area (Å²) in [5, 5.41) is 13.0. The second kappa shape index (κ2) is 14.0. The minimum Gasteiger partial charge on any atom is -0.658 e. The lowest BCUT2D eigenvalue weighted by molar-refractivity contribution is -0.274. The summed E-state index contributed by atoms with van der Waals surface area (Å²) in [6.45, 7) is 8.42. The molecular formula is C30H36F3N6O4-. The van der Waals surface area contributed by atoms with Crippen LogP contribution in [-0.2, 0) is 24.4 Å². The summed E-state index contributed by atoms with van der Waals surface area (Å²) in [6, 6.07) is 9.83. The normalized spacial score (nSPS) is 19.3. The van der Waals surface area contributed by atoms with Gasteiger partial charge in [-0.3, -0.25) is 14.7 Å². The van der Waals surface area contributed by atoms with E-state index < -0.39 is 12.3 Å². The average Bonchev–Trinajstić information content (AvgIpc) is 3.28. The Morgan fingerprint density at radius 2 is 1.91 bits per heavy atom. The quantitative estimate of drug-likeness (QED) is 0.342. The summed E-state index contributed by atoms with van der Waals surface area (Å²) in [5.74, 6) is 0.479. The van der Waals surface area contributed by atoms with Gasteiger partial charge < -0.3 is 24.6 Å². The Hall–Kier alpha value is -3.97. The number of carbonyl (C=O) groups is 2. The van der Waals surface area contributed by atoms with Crippen molar-refractivity contribution in [2.75, 3.05) is 33.2 Å². The molecule has 10 nitrogen and oxygen atoms in total. The van der Waals surface area contributed by atoms with Crippen LogP contribution in [-0.4, -0.2) is 80.9 Å². The van der Waals surface area contributed by atoms with Gasteiger partial charge in [0.15, 0.2) is 5.69 Å². The standard InChI is InChI=1S/C24H28F3N4O2.C6H8N2O2/c1-16-5-4-8-29-22(16)14-30(2)23(32)15-31-12-20-19(21(20)13-31)11-28-10-17-6-3-7-18(9-17)33-24(25,26)27;1-2-8-3-5(6(9)10)7-4-8/h3-9,19-21H,10-15H2,1-2H3;3-4H,2H2,1H3,(H,9,10)/q-1;. The molecule has 0 radical (unpaired) electrons. The largest absolute Gasteiger partial charge is 0.658 e. The number of likely N-dealkylation sites (N-methyl/N-ethyl adjacent to an activating group) is 1. The Balaban J connectivity index is 0.000000359. The Kier molecular flexibility index (Phi) is 10.4. The topological polar surface area (TPSA) is 115 Å². The van der Waals surface area contributed by atoms with Crippen LogP contribution in [0.5, 0.6) is 5.75 Å². The molecule has 0 bridgehead atoms. The molecule has 13 heteroatoms. The number of pyridine rings is 1. The number of piperidine rings is 1. The zero-order valence-corrected chi connectivity index (χ0v) is 24.4. The smallest absolute Gasteiger partial charge is 0.573 e. The highest BCUT2D eigenvalue weighted by molar-refractivity contribution is 5.84. The summed E-state index contributed by atoms with van der Waals surface area (Å²) in [5.41, 5.74) is 2.78. The highest BCUT2D eigenvalue weighted by Crippen LogP contribution is 2.52. The molecule has 1 aliphatic carbocycles. The van der Waals surface area contributed by atoms with E-state index in [1.807, 2.05) is 33.0 Å². The van der Waals surface area contributed by atoms with Crippen LogP contribution in [0.3, 0.4) is 0 Å². The molecule has 2 aliphatic rings. The lowest BCUT2D eigenvalue weighted by Gasteiger charge is -2.25. The number of rotatable bonds is 11. The molecule has 2 fully saturated rings. The maximum atomic E-state index is 12.6. The van der Waals surface area contributed by atoms with Gasteiger partial charge in [0.25, 0.3) is 0 Å². The Bertz CT molecular complexity index is 1390. The fourth-order valence-electron chi connectivity index (χ4n) is 5.27.